The second kappa shape index (κ2) is 10.6. The largest absolute Gasteiger partial charge is 0.442 e. The van der Waals surface area contributed by atoms with Gasteiger partial charge in [-0.25, -0.2) is 9.67 Å². The molecule has 0 aliphatic heterocycles. The van der Waals surface area contributed by atoms with E-state index in [0.717, 1.165) is 4.68 Å². The van der Waals surface area contributed by atoms with Crippen LogP contribution in [0.3, 0.4) is 0 Å². The van der Waals surface area contributed by atoms with Crippen molar-refractivity contribution in [2.24, 2.45) is 0 Å². The summed E-state index contributed by atoms with van der Waals surface area (Å²) in [6.45, 7) is 1.03. The van der Waals surface area contributed by atoms with E-state index in [1.807, 2.05) is 0 Å². The van der Waals surface area contributed by atoms with Crippen molar-refractivity contribution in [1.82, 2.24) is 25.0 Å². The monoisotopic (exact) mass is 593 g/mol. The summed E-state index contributed by atoms with van der Waals surface area (Å²) in [6.07, 6.45) is -8.79. The van der Waals surface area contributed by atoms with Crippen molar-refractivity contribution < 1.29 is 35.9 Å². The molecule has 0 fully saturated rings. The van der Waals surface area contributed by atoms with Gasteiger partial charge in [0.1, 0.15) is 11.4 Å². The molecule has 1 unspecified atom stereocenters. The zero-order chi connectivity index (χ0) is 29.5. The number of hydrogen-bond donors (Lipinski definition) is 1. The van der Waals surface area contributed by atoms with Crippen LogP contribution in [0.5, 0.6) is 0 Å². The molecule has 5 rings (SSSR count). The number of aliphatic hydroxyl groups excluding tert-OH is 1. The van der Waals surface area contributed by atoms with E-state index in [9.17, 15) is 31.4 Å². The molecule has 1 atom stereocenters. The van der Waals surface area contributed by atoms with E-state index in [0.29, 0.717) is 28.3 Å². The average Bonchev–Trinajstić information content (AvgIpc) is 3.51. The van der Waals surface area contributed by atoms with Gasteiger partial charge in [0.05, 0.1) is 28.4 Å². The quantitative estimate of drug-likeness (QED) is 0.211. The van der Waals surface area contributed by atoms with Gasteiger partial charge in [0.2, 0.25) is 0 Å². The van der Waals surface area contributed by atoms with Gasteiger partial charge in [-0.15, -0.1) is 5.10 Å². The molecule has 14 heteroatoms. The summed E-state index contributed by atoms with van der Waals surface area (Å²) in [6, 6.07) is 11.0. The highest BCUT2D eigenvalue weighted by molar-refractivity contribution is 6.33. The standard InChI is InChI=1S/C27H18ClF6N5O2/c1-14-36-21(19-4-2-3-5-20(19)28)25(41-14)24(40)22-23(16-6-8-35-9-7-16)39(38-37-22)13-15-10-17(26(29,30)31)12-18(11-15)27(32,33)34/h2-12,24,40H,13H2,1H3. The highest BCUT2D eigenvalue weighted by Crippen LogP contribution is 2.39. The third-order valence-corrected chi connectivity index (χ3v) is 6.42. The zero-order valence-electron chi connectivity index (χ0n) is 20.9. The van der Waals surface area contributed by atoms with Gasteiger partial charge in [-0.3, -0.25) is 4.98 Å². The smallest absolute Gasteiger partial charge is 0.416 e. The molecule has 0 aliphatic rings. The molecule has 5 aromatic rings. The van der Waals surface area contributed by atoms with Crippen LogP contribution in [0.1, 0.15) is 40.1 Å². The van der Waals surface area contributed by atoms with Crippen LogP contribution in [0.4, 0.5) is 26.3 Å². The maximum Gasteiger partial charge on any atom is 0.416 e. The lowest BCUT2D eigenvalue weighted by Crippen LogP contribution is -2.13. The maximum atomic E-state index is 13.5. The number of aliphatic hydroxyl groups is 1. The molecular weight excluding hydrogens is 576 g/mol. The van der Waals surface area contributed by atoms with Crippen molar-refractivity contribution in [1.29, 1.82) is 0 Å². The van der Waals surface area contributed by atoms with E-state index in [-0.39, 0.29) is 40.4 Å². The fourth-order valence-corrected chi connectivity index (χ4v) is 4.54. The minimum absolute atomic E-state index is 0.0311. The van der Waals surface area contributed by atoms with Crippen molar-refractivity contribution in [3.63, 3.8) is 0 Å². The number of aryl methyl sites for hydroxylation is 1. The number of pyridine rings is 1. The second-order valence-electron chi connectivity index (χ2n) is 8.96. The Bertz CT molecular complexity index is 1670. The lowest BCUT2D eigenvalue weighted by Gasteiger charge is -2.15. The number of halogens is 7. The molecule has 0 spiro atoms. The molecule has 3 heterocycles. The Balaban J connectivity index is 1.64. The van der Waals surface area contributed by atoms with E-state index >= 15 is 0 Å². The Hall–Kier alpha value is -4.23. The molecule has 7 nitrogen and oxygen atoms in total. The third-order valence-electron chi connectivity index (χ3n) is 6.09. The van der Waals surface area contributed by atoms with E-state index < -0.39 is 36.1 Å². The fourth-order valence-electron chi connectivity index (χ4n) is 4.31. The molecule has 41 heavy (non-hydrogen) atoms. The summed E-state index contributed by atoms with van der Waals surface area (Å²) in [7, 11) is 0. The number of alkyl halides is 6. The summed E-state index contributed by atoms with van der Waals surface area (Å²) in [5.41, 5.74) is -2.15. The van der Waals surface area contributed by atoms with Crippen LogP contribution in [0.25, 0.3) is 22.5 Å². The van der Waals surface area contributed by atoms with Gasteiger partial charge in [0, 0.05) is 30.4 Å². The van der Waals surface area contributed by atoms with E-state index in [1.165, 1.54) is 24.5 Å². The van der Waals surface area contributed by atoms with Gasteiger partial charge < -0.3 is 9.52 Å². The number of oxazole rings is 1. The highest BCUT2D eigenvalue weighted by Gasteiger charge is 2.37. The van der Waals surface area contributed by atoms with E-state index in [4.69, 9.17) is 16.0 Å². The Kier molecular flexibility index (Phi) is 7.34. The number of rotatable bonds is 6. The van der Waals surface area contributed by atoms with Crippen LogP contribution < -0.4 is 0 Å². The minimum atomic E-state index is -5.02. The summed E-state index contributed by atoms with van der Waals surface area (Å²) in [5, 5.41) is 19.8. The Morgan fingerprint density at radius 2 is 1.59 bits per heavy atom. The van der Waals surface area contributed by atoms with Gasteiger partial charge in [-0.1, -0.05) is 35.0 Å². The topological polar surface area (TPSA) is 89.9 Å². The van der Waals surface area contributed by atoms with Crippen LogP contribution in [0, 0.1) is 6.92 Å². The summed E-state index contributed by atoms with van der Waals surface area (Å²) >= 11 is 6.34. The van der Waals surface area contributed by atoms with Crippen LogP contribution >= 0.6 is 11.6 Å². The Morgan fingerprint density at radius 3 is 2.20 bits per heavy atom. The predicted octanol–water partition coefficient (Wildman–Crippen LogP) is 7.12. The van der Waals surface area contributed by atoms with Crippen molar-refractivity contribution >= 4 is 11.6 Å². The zero-order valence-corrected chi connectivity index (χ0v) is 21.6. The van der Waals surface area contributed by atoms with Crippen LogP contribution in [0.15, 0.2) is 71.4 Å². The molecule has 0 amide bonds. The fraction of sp³-hybridized carbons (Fsp3) is 0.185. The first kappa shape index (κ1) is 28.3. The third kappa shape index (κ3) is 5.81. The van der Waals surface area contributed by atoms with E-state index in [1.54, 1.807) is 31.2 Å². The van der Waals surface area contributed by atoms with Crippen LogP contribution in [0.2, 0.25) is 5.02 Å². The molecular formula is C27H18ClF6N5O2. The molecule has 0 bridgehead atoms. The molecule has 0 radical (unpaired) electrons. The minimum Gasteiger partial charge on any atom is -0.442 e. The van der Waals surface area contributed by atoms with Crippen molar-refractivity contribution in [3.05, 3.63) is 106 Å². The number of hydrogen-bond acceptors (Lipinski definition) is 6. The lowest BCUT2D eigenvalue weighted by molar-refractivity contribution is -0.143. The number of nitrogens with zero attached hydrogens (tertiary/aromatic N) is 5. The van der Waals surface area contributed by atoms with Crippen molar-refractivity contribution in [2.45, 2.75) is 31.9 Å². The van der Waals surface area contributed by atoms with Gasteiger partial charge in [0.15, 0.2) is 17.8 Å². The van der Waals surface area contributed by atoms with Gasteiger partial charge in [-0.05, 0) is 42.0 Å². The summed E-state index contributed by atoms with van der Waals surface area (Å²) < 4.78 is 87.5. The predicted molar refractivity (Wildman–Crippen MR) is 135 cm³/mol. The molecule has 1 N–H and O–H groups in total. The first-order valence-corrected chi connectivity index (χ1v) is 12.2. The van der Waals surface area contributed by atoms with Crippen molar-refractivity contribution in [3.8, 4) is 22.5 Å². The first-order chi connectivity index (χ1) is 19.3. The maximum absolute atomic E-state index is 13.5. The summed E-state index contributed by atoms with van der Waals surface area (Å²) in [5.74, 6) is 0.173. The number of benzene rings is 2. The lowest BCUT2D eigenvalue weighted by atomic mass is 10.0. The Morgan fingerprint density at radius 1 is 0.951 bits per heavy atom. The van der Waals surface area contributed by atoms with Crippen molar-refractivity contribution in [2.75, 3.05) is 0 Å². The summed E-state index contributed by atoms with van der Waals surface area (Å²) in [4.78, 5) is 8.28. The van der Waals surface area contributed by atoms with E-state index in [2.05, 4.69) is 20.3 Å². The van der Waals surface area contributed by atoms with Gasteiger partial charge in [-0.2, -0.15) is 26.3 Å². The SMILES string of the molecule is Cc1nc(-c2ccccc2Cl)c(C(O)c2nnn(Cc3cc(C(F)(F)F)cc(C(F)(F)F)c3)c2-c2ccncc2)o1. The highest BCUT2D eigenvalue weighted by atomic mass is 35.5. The molecule has 0 saturated carbocycles. The normalized spacial score (nSPS) is 13.0. The van der Waals surface area contributed by atoms with Gasteiger partial charge >= 0.3 is 12.4 Å². The van der Waals surface area contributed by atoms with Crippen LogP contribution in [-0.4, -0.2) is 30.1 Å². The molecule has 3 aromatic heterocycles. The molecule has 0 aliphatic carbocycles. The first-order valence-electron chi connectivity index (χ1n) is 11.9. The molecule has 0 saturated heterocycles. The molecule has 212 valence electrons. The second-order valence-corrected chi connectivity index (χ2v) is 9.37. The Labute approximate surface area is 233 Å². The van der Waals surface area contributed by atoms with Crippen LogP contribution in [-0.2, 0) is 18.9 Å². The average molecular weight is 594 g/mol. The number of aromatic nitrogens is 5. The van der Waals surface area contributed by atoms with Gasteiger partial charge in [0.25, 0.3) is 0 Å². The molecule has 2 aromatic carbocycles.